The summed E-state index contributed by atoms with van der Waals surface area (Å²) in [4.78, 5) is 11.9. The Morgan fingerprint density at radius 1 is 1.30 bits per heavy atom. The lowest BCUT2D eigenvalue weighted by atomic mass is 9.78. The summed E-state index contributed by atoms with van der Waals surface area (Å²) in [6.45, 7) is 4.10. The normalized spacial score (nSPS) is 22.4. The molecule has 1 aliphatic heterocycles. The highest BCUT2D eigenvalue weighted by atomic mass is 79.9. The molecule has 1 aromatic rings. The number of hydrogen-bond acceptors (Lipinski definition) is 2. The van der Waals surface area contributed by atoms with Crippen LogP contribution < -0.4 is 4.74 Å². The van der Waals surface area contributed by atoms with Gasteiger partial charge in [-0.15, -0.1) is 0 Å². The maximum atomic E-state index is 11.9. The van der Waals surface area contributed by atoms with Gasteiger partial charge in [0.05, 0.1) is 5.41 Å². The van der Waals surface area contributed by atoms with Gasteiger partial charge in [-0.25, -0.2) is 0 Å². The summed E-state index contributed by atoms with van der Waals surface area (Å²) in [5, 5.41) is 9.80. The molecule has 0 bridgehead atoms. The van der Waals surface area contributed by atoms with Gasteiger partial charge in [-0.2, -0.15) is 0 Å². The van der Waals surface area contributed by atoms with Gasteiger partial charge in [0.2, 0.25) is 0 Å². The number of ether oxygens (including phenoxy) is 1. The molecule has 0 saturated heterocycles. The summed E-state index contributed by atoms with van der Waals surface area (Å²) in [6.07, 6.45) is 4.17. The minimum Gasteiger partial charge on any atom is -0.487 e. The minimum absolute atomic E-state index is 0.254. The van der Waals surface area contributed by atoms with Gasteiger partial charge < -0.3 is 9.84 Å². The van der Waals surface area contributed by atoms with Crippen LogP contribution in [-0.4, -0.2) is 16.7 Å². The van der Waals surface area contributed by atoms with E-state index in [4.69, 9.17) is 4.74 Å². The summed E-state index contributed by atoms with van der Waals surface area (Å²) in [5.41, 5.74) is 0.953. The van der Waals surface area contributed by atoms with Crippen LogP contribution in [0.25, 0.3) is 0 Å². The summed E-state index contributed by atoms with van der Waals surface area (Å²) in [6, 6.07) is 4.00. The first-order valence-corrected chi connectivity index (χ1v) is 7.89. The number of carbonyl (C=O) groups is 1. The third-order valence-corrected chi connectivity index (χ3v) is 4.97. The second kappa shape index (κ2) is 4.48. The van der Waals surface area contributed by atoms with Crippen molar-refractivity contribution in [1.82, 2.24) is 0 Å². The quantitative estimate of drug-likeness (QED) is 0.884. The van der Waals surface area contributed by atoms with E-state index in [0.717, 1.165) is 40.6 Å². The molecule has 0 atom stereocenters. The molecule has 1 fully saturated rings. The molecule has 4 heteroatoms. The Kier molecular flexibility index (Phi) is 3.12. The number of halogens is 1. The first kappa shape index (κ1) is 13.9. The maximum absolute atomic E-state index is 11.9. The summed E-state index contributed by atoms with van der Waals surface area (Å²) in [5.74, 6) is 0.0890. The first-order valence-electron chi connectivity index (χ1n) is 7.09. The van der Waals surface area contributed by atoms with E-state index in [-0.39, 0.29) is 5.60 Å². The molecule has 2 aliphatic rings. The largest absolute Gasteiger partial charge is 0.487 e. The SMILES string of the molecule is CC1(C)Cc2cc(Br)cc(C3(C(=O)O)CCCC3)c2O1. The number of aliphatic carboxylic acids is 1. The average molecular weight is 339 g/mol. The topological polar surface area (TPSA) is 46.5 Å². The minimum atomic E-state index is -0.770. The van der Waals surface area contributed by atoms with Crippen LogP contribution in [0.1, 0.15) is 50.7 Å². The molecule has 1 heterocycles. The second-order valence-corrected chi connectivity index (χ2v) is 7.49. The average Bonchev–Trinajstić information content (AvgIpc) is 2.91. The van der Waals surface area contributed by atoms with E-state index in [1.807, 2.05) is 19.9 Å². The highest BCUT2D eigenvalue weighted by molar-refractivity contribution is 9.10. The number of rotatable bonds is 2. The van der Waals surface area contributed by atoms with Crippen molar-refractivity contribution in [2.24, 2.45) is 0 Å². The highest BCUT2D eigenvalue weighted by Gasteiger charge is 2.47. The van der Waals surface area contributed by atoms with Gasteiger partial charge in [0.25, 0.3) is 0 Å². The van der Waals surface area contributed by atoms with Crippen LogP contribution in [0.15, 0.2) is 16.6 Å². The molecule has 20 heavy (non-hydrogen) atoms. The van der Waals surface area contributed by atoms with E-state index in [9.17, 15) is 9.90 Å². The third kappa shape index (κ3) is 2.05. The summed E-state index contributed by atoms with van der Waals surface area (Å²) < 4.78 is 7.03. The van der Waals surface area contributed by atoms with Crippen molar-refractivity contribution >= 4 is 21.9 Å². The molecule has 0 unspecified atom stereocenters. The van der Waals surface area contributed by atoms with E-state index in [1.54, 1.807) is 0 Å². The van der Waals surface area contributed by atoms with Crippen molar-refractivity contribution in [3.8, 4) is 5.75 Å². The number of hydrogen-bond donors (Lipinski definition) is 1. The van der Waals surface area contributed by atoms with Crippen LogP contribution in [-0.2, 0) is 16.6 Å². The number of benzene rings is 1. The molecule has 0 radical (unpaired) electrons. The Labute approximate surface area is 127 Å². The van der Waals surface area contributed by atoms with E-state index < -0.39 is 11.4 Å². The van der Waals surface area contributed by atoms with E-state index >= 15 is 0 Å². The molecule has 1 aliphatic carbocycles. The van der Waals surface area contributed by atoms with Gasteiger partial charge in [0.15, 0.2) is 0 Å². The molecule has 3 nitrogen and oxygen atoms in total. The van der Waals surface area contributed by atoms with E-state index in [0.29, 0.717) is 12.8 Å². The van der Waals surface area contributed by atoms with Crippen LogP contribution >= 0.6 is 15.9 Å². The number of carboxylic acid groups (broad SMARTS) is 1. The fourth-order valence-electron chi connectivity index (χ4n) is 3.61. The van der Waals surface area contributed by atoms with Crippen LogP contribution in [0.3, 0.4) is 0 Å². The Balaban J connectivity index is 2.18. The second-order valence-electron chi connectivity index (χ2n) is 6.57. The molecular formula is C16H19BrO3. The van der Waals surface area contributed by atoms with Crippen molar-refractivity contribution < 1.29 is 14.6 Å². The molecular weight excluding hydrogens is 320 g/mol. The number of fused-ring (bicyclic) bond motifs is 1. The molecule has 0 amide bonds. The van der Waals surface area contributed by atoms with Gasteiger partial charge in [0.1, 0.15) is 11.4 Å². The molecule has 1 saturated carbocycles. The summed E-state index contributed by atoms with van der Waals surface area (Å²) in [7, 11) is 0. The van der Waals surface area contributed by atoms with Crippen molar-refractivity contribution in [1.29, 1.82) is 0 Å². The zero-order valence-electron chi connectivity index (χ0n) is 11.8. The van der Waals surface area contributed by atoms with Crippen LogP contribution in [0.5, 0.6) is 5.75 Å². The van der Waals surface area contributed by atoms with E-state index in [2.05, 4.69) is 22.0 Å². The highest BCUT2D eigenvalue weighted by Crippen LogP contribution is 2.50. The zero-order valence-corrected chi connectivity index (χ0v) is 13.4. The first-order chi connectivity index (χ1) is 9.34. The summed E-state index contributed by atoms with van der Waals surface area (Å²) >= 11 is 3.53. The van der Waals surface area contributed by atoms with Crippen LogP contribution in [0, 0.1) is 0 Å². The molecule has 1 N–H and O–H groups in total. The van der Waals surface area contributed by atoms with Gasteiger partial charge in [0, 0.05) is 16.5 Å². The Bertz CT molecular complexity index is 571. The zero-order chi connectivity index (χ0) is 14.5. The third-order valence-electron chi connectivity index (χ3n) is 4.51. The van der Waals surface area contributed by atoms with Crippen LogP contribution in [0.2, 0.25) is 0 Å². The number of carboxylic acids is 1. The van der Waals surface area contributed by atoms with Crippen LogP contribution in [0.4, 0.5) is 0 Å². The Morgan fingerprint density at radius 2 is 1.95 bits per heavy atom. The maximum Gasteiger partial charge on any atom is 0.314 e. The van der Waals surface area contributed by atoms with Gasteiger partial charge in [-0.3, -0.25) is 4.79 Å². The fraction of sp³-hybridized carbons (Fsp3) is 0.562. The predicted octanol–water partition coefficient (Wildman–Crippen LogP) is 4.06. The Morgan fingerprint density at radius 3 is 2.55 bits per heavy atom. The van der Waals surface area contributed by atoms with Crippen molar-refractivity contribution in [2.75, 3.05) is 0 Å². The molecule has 108 valence electrons. The Hall–Kier alpha value is -1.03. The monoisotopic (exact) mass is 338 g/mol. The lowest BCUT2D eigenvalue weighted by molar-refractivity contribution is -0.143. The van der Waals surface area contributed by atoms with Gasteiger partial charge in [-0.1, -0.05) is 28.8 Å². The fourth-order valence-corrected chi connectivity index (χ4v) is 4.11. The lowest BCUT2D eigenvalue weighted by Gasteiger charge is -2.27. The van der Waals surface area contributed by atoms with Crippen molar-refractivity contribution in [2.45, 2.75) is 57.0 Å². The van der Waals surface area contributed by atoms with Gasteiger partial charge in [-0.05, 0) is 44.4 Å². The lowest BCUT2D eigenvalue weighted by Crippen LogP contribution is -2.33. The predicted molar refractivity (Wildman–Crippen MR) is 80.3 cm³/mol. The smallest absolute Gasteiger partial charge is 0.314 e. The molecule has 3 rings (SSSR count). The van der Waals surface area contributed by atoms with E-state index in [1.165, 1.54) is 0 Å². The molecule has 0 spiro atoms. The van der Waals surface area contributed by atoms with Gasteiger partial charge >= 0.3 is 5.97 Å². The molecule has 1 aromatic carbocycles. The van der Waals surface area contributed by atoms with Crippen molar-refractivity contribution in [3.05, 3.63) is 27.7 Å². The standard InChI is InChI=1S/C16H19BrO3/c1-15(2)9-10-7-11(17)8-12(13(10)20-15)16(14(18)19)5-3-4-6-16/h7-8H,3-6,9H2,1-2H3,(H,18,19). The van der Waals surface area contributed by atoms with Crippen molar-refractivity contribution in [3.63, 3.8) is 0 Å². The molecule has 0 aromatic heterocycles.